The van der Waals surface area contributed by atoms with Gasteiger partial charge in [0, 0.05) is 49.3 Å². The molecule has 0 bridgehead atoms. The van der Waals surface area contributed by atoms with Crippen LogP contribution in [0.25, 0.3) is 0 Å². The number of rotatable bonds is 6. The SMILES string of the molecule is COc1ccc(COc2cc(N3CCOCC3)cc(Cl)n2)cc1.Clc1cc(N2CCOCC2)cc(Cl)n1.Nc1cc(Cl)nc(Cl)c1. The Hall–Kier alpha value is -2.96. The third-order valence-electron chi connectivity index (χ3n) is 6.59. The van der Waals surface area contributed by atoms with Crippen LogP contribution in [-0.2, 0) is 16.1 Å². The van der Waals surface area contributed by atoms with Gasteiger partial charge in [-0.25, -0.2) is 15.0 Å². The van der Waals surface area contributed by atoms with Crippen molar-refractivity contribution in [3.05, 3.63) is 92.0 Å². The van der Waals surface area contributed by atoms with Crippen molar-refractivity contribution in [2.75, 3.05) is 75.2 Å². The summed E-state index contributed by atoms with van der Waals surface area (Å²) >= 11 is 28.7. The van der Waals surface area contributed by atoms with Crippen LogP contribution in [-0.4, -0.2) is 74.7 Å². The number of hydrogen-bond donors (Lipinski definition) is 1. The van der Waals surface area contributed by atoms with E-state index in [-0.39, 0.29) is 0 Å². The fourth-order valence-corrected chi connectivity index (χ4v) is 5.48. The Morgan fingerprint density at radius 3 is 1.54 bits per heavy atom. The molecule has 2 fully saturated rings. The van der Waals surface area contributed by atoms with Gasteiger partial charge in [0.15, 0.2) is 0 Å². The summed E-state index contributed by atoms with van der Waals surface area (Å²) < 4.78 is 21.6. The van der Waals surface area contributed by atoms with Crippen LogP contribution in [0.3, 0.4) is 0 Å². The molecule has 2 aliphatic rings. The van der Waals surface area contributed by atoms with Gasteiger partial charge in [0.1, 0.15) is 38.1 Å². The Labute approximate surface area is 293 Å². The van der Waals surface area contributed by atoms with Crippen molar-refractivity contribution in [2.45, 2.75) is 6.61 Å². The summed E-state index contributed by atoms with van der Waals surface area (Å²) in [6, 6.07) is 18.2. The average molecular weight is 731 g/mol. The number of pyridine rings is 3. The standard InChI is InChI=1S/C17H19ClN2O3.C9H10Cl2N2O.C5H4Cl2N2/c1-21-15-4-2-13(3-5-15)12-23-17-11-14(10-16(18)19-17)20-6-8-22-9-7-20;10-8-5-7(6-9(11)12-8)13-1-3-14-4-2-13;6-4-1-3(8)2-5(7)9-4/h2-5,10-11H,6-9,12H2,1H3;5-6H,1-4H2;1-2H,(H2,8,9). The smallest absolute Gasteiger partial charge is 0.217 e. The lowest BCUT2D eigenvalue weighted by Gasteiger charge is -2.29. The molecule has 6 rings (SSSR count). The van der Waals surface area contributed by atoms with E-state index in [0.717, 1.165) is 75.3 Å². The number of nitrogen functional groups attached to an aromatic ring is 1. The van der Waals surface area contributed by atoms with Gasteiger partial charge < -0.3 is 34.5 Å². The summed E-state index contributed by atoms with van der Waals surface area (Å²) in [6.45, 7) is 6.81. The topological polar surface area (TPSA) is 108 Å². The monoisotopic (exact) mass is 728 g/mol. The molecular weight excluding hydrogens is 698 g/mol. The molecule has 2 N–H and O–H groups in total. The summed E-state index contributed by atoms with van der Waals surface area (Å²) in [7, 11) is 1.65. The first kappa shape index (κ1) is 35.9. The van der Waals surface area contributed by atoms with E-state index in [1.807, 2.05) is 48.5 Å². The Bertz CT molecular complexity index is 1470. The molecule has 1 aromatic carbocycles. The van der Waals surface area contributed by atoms with E-state index >= 15 is 0 Å². The van der Waals surface area contributed by atoms with Gasteiger partial charge in [-0.1, -0.05) is 70.1 Å². The molecule has 0 radical (unpaired) electrons. The average Bonchev–Trinajstić information content (AvgIpc) is 3.04. The summed E-state index contributed by atoms with van der Waals surface area (Å²) in [5.41, 5.74) is 8.94. The highest BCUT2D eigenvalue weighted by molar-refractivity contribution is 6.33. The van der Waals surface area contributed by atoms with Crippen molar-refractivity contribution in [3.8, 4) is 11.6 Å². The first-order valence-corrected chi connectivity index (χ1v) is 16.1. The quantitative estimate of drug-likeness (QED) is 0.202. The largest absolute Gasteiger partial charge is 0.497 e. The lowest BCUT2D eigenvalue weighted by molar-refractivity contribution is 0.122. The van der Waals surface area contributed by atoms with Crippen LogP contribution in [0.5, 0.6) is 11.6 Å². The Kier molecular flexibility index (Phi) is 14.4. The number of methoxy groups -OCH3 is 1. The molecular formula is C31H33Cl5N6O4. The minimum atomic E-state index is 0.319. The number of benzene rings is 1. The maximum atomic E-state index is 6.12. The van der Waals surface area contributed by atoms with Gasteiger partial charge in [-0.3, -0.25) is 0 Å². The molecule has 10 nitrogen and oxygen atoms in total. The zero-order valence-corrected chi connectivity index (χ0v) is 28.8. The van der Waals surface area contributed by atoms with Crippen LogP contribution >= 0.6 is 58.0 Å². The predicted molar refractivity (Wildman–Crippen MR) is 186 cm³/mol. The van der Waals surface area contributed by atoms with Gasteiger partial charge in [0.2, 0.25) is 5.88 Å². The fourth-order valence-electron chi connectivity index (χ4n) is 4.36. The van der Waals surface area contributed by atoms with E-state index in [1.54, 1.807) is 7.11 Å². The second-order valence-corrected chi connectivity index (χ2v) is 11.8. The molecule has 46 heavy (non-hydrogen) atoms. The number of hydrogen-bond acceptors (Lipinski definition) is 10. The molecule has 0 aliphatic carbocycles. The van der Waals surface area contributed by atoms with Gasteiger partial charge in [0.25, 0.3) is 0 Å². The highest BCUT2D eigenvalue weighted by Gasteiger charge is 2.14. The minimum absolute atomic E-state index is 0.319. The zero-order valence-electron chi connectivity index (χ0n) is 25.0. The summed E-state index contributed by atoms with van der Waals surface area (Å²) in [6.07, 6.45) is 0. The molecule has 246 valence electrons. The van der Waals surface area contributed by atoms with Crippen LogP contribution in [0.4, 0.5) is 17.1 Å². The molecule has 15 heteroatoms. The van der Waals surface area contributed by atoms with Crippen molar-refractivity contribution in [1.29, 1.82) is 0 Å². The van der Waals surface area contributed by atoms with Gasteiger partial charge in [0.05, 0.1) is 33.5 Å². The van der Waals surface area contributed by atoms with E-state index < -0.39 is 0 Å². The third-order valence-corrected chi connectivity index (χ3v) is 7.55. The molecule has 2 aliphatic heterocycles. The fraction of sp³-hybridized carbons (Fsp3) is 0.323. The van der Waals surface area contributed by atoms with Crippen LogP contribution in [0.15, 0.2) is 60.7 Å². The highest BCUT2D eigenvalue weighted by atomic mass is 35.5. The van der Waals surface area contributed by atoms with E-state index in [2.05, 4.69) is 24.8 Å². The minimum Gasteiger partial charge on any atom is -0.497 e. The molecule has 0 atom stereocenters. The first-order chi connectivity index (χ1) is 22.2. The van der Waals surface area contributed by atoms with Crippen LogP contribution in [0, 0.1) is 0 Å². The number of morpholine rings is 2. The molecule has 5 heterocycles. The molecule has 4 aromatic rings. The van der Waals surface area contributed by atoms with Gasteiger partial charge in [-0.15, -0.1) is 0 Å². The Morgan fingerprint density at radius 1 is 0.652 bits per heavy atom. The maximum absolute atomic E-state index is 6.12. The Morgan fingerprint density at radius 2 is 1.09 bits per heavy atom. The highest BCUT2D eigenvalue weighted by Crippen LogP contribution is 2.26. The van der Waals surface area contributed by atoms with E-state index in [9.17, 15) is 0 Å². The second kappa shape index (κ2) is 18.4. The lowest BCUT2D eigenvalue weighted by atomic mass is 10.2. The summed E-state index contributed by atoms with van der Waals surface area (Å²) in [5.74, 6) is 1.35. The predicted octanol–water partition coefficient (Wildman–Crippen LogP) is 7.35. The molecule has 2 saturated heterocycles. The van der Waals surface area contributed by atoms with Crippen molar-refractivity contribution < 1.29 is 18.9 Å². The van der Waals surface area contributed by atoms with Crippen LogP contribution in [0.2, 0.25) is 25.8 Å². The number of nitrogens with zero attached hydrogens (tertiary/aromatic N) is 5. The van der Waals surface area contributed by atoms with Gasteiger partial charge in [-0.05, 0) is 48.0 Å². The lowest BCUT2D eigenvalue weighted by Crippen LogP contribution is -2.36. The number of aromatic nitrogens is 3. The molecule has 3 aromatic heterocycles. The van der Waals surface area contributed by atoms with Crippen LogP contribution < -0.4 is 25.0 Å². The molecule has 0 unspecified atom stereocenters. The molecule has 0 spiro atoms. The maximum Gasteiger partial charge on any atom is 0.217 e. The number of nitrogens with two attached hydrogens (primary N) is 1. The number of anilines is 3. The summed E-state index contributed by atoms with van der Waals surface area (Å²) in [5, 5.41) is 1.93. The third kappa shape index (κ3) is 12.0. The van der Waals surface area contributed by atoms with E-state index in [0.29, 0.717) is 43.9 Å². The second-order valence-electron chi connectivity index (χ2n) is 9.84. The Balaban J connectivity index is 0.000000176. The molecule has 0 amide bonds. The number of ether oxygens (including phenoxy) is 4. The van der Waals surface area contributed by atoms with E-state index in [1.165, 1.54) is 12.1 Å². The van der Waals surface area contributed by atoms with Crippen molar-refractivity contribution >= 4 is 75.1 Å². The van der Waals surface area contributed by atoms with Crippen molar-refractivity contribution in [2.24, 2.45) is 0 Å². The van der Waals surface area contributed by atoms with Crippen LogP contribution in [0.1, 0.15) is 5.56 Å². The van der Waals surface area contributed by atoms with E-state index in [4.69, 9.17) is 82.7 Å². The summed E-state index contributed by atoms with van der Waals surface area (Å²) in [4.78, 5) is 16.2. The van der Waals surface area contributed by atoms with Crippen molar-refractivity contribution in [3.63, 3.8) is 0 Å². The number of halogens is 5. The van der Waals surface area contributed by atoms with Gasteiger partial charge >= 0.3 is 0 Å². The normalized spacial score (nSPS) is 14.4. The van der Waals surface area contributed by atoms with Crippen molar-refractivity contribution in [1.82, 2.24) is 15.0 Å². The van der Waals surface area contributed by atoms with Gasteiger partial charge in [-0.2, -0.15) is 0 Å². The zero-order chi connectivity index (χ0) is 32.9. The molecule has 0 saturated carbocycles. The first-order valence-electron chi connectivity index (χ1n) is 14.2.